The van der Waals surface area contributed by atoms with E-state index in [1.54, 1.807) is 18.4 Å². The van der Waals surface area contributed by atoms with Crippen LogP contribution in [0.1, 0.15) is 52.7 Å². The SMILES string of the molecule is COc1ccc(-c2[nH]c(C)cc2C(=O)NCC2CCC(c3nccs3)CC2)cc1. The van der Waals surface area contributed by atoms with Gasteiger partial charge in [-0.15, -0.1) is 11.3 Å². The van der Waals surface area contributed by atoms with Crippen LogP contribution in [-0.2, 0) is 0 Å². The minimum atomic E-state index is -0.0118. The van der Waals surface area contributed by atoms with Crippen LogP contribution < -0.4 is 10.1 Å². The number of aromatic nitrogens is 2. The first-order valence-corrected chi connectivity index (χ1v) is 11.0. The van der Waals surface area contributed by atoms with E-state index in [1.807, 2.05) is 43.5 Å². The molecule has 2 heterocycles. The summed E-state index contributed by atoms with van der Waals surface area (Å²) in [4.78, 5) is 20.7. The van der Waals surface area contributed by atoms with Gasteiger partial charge in [0.05, 0.1) is 23.4 Å². The summed E-state index contributed by atoms with van der Waals surface area (Å²) in [6.07, 6.45) is 6.50. The molecule has 1 fully saturated rings. The van der Waals surface area contributed by atoms with Gasteiger partial charge < -0.3 is 15.0 Å². The maximum Gasteiger partial charge on any atom is 0.253 e. The first kappa shape index (κ1) is 19.7. The van der Waals surface area contributed by atoms with E-state index < -0.39 is 0 Å². The number of aryl methyl sites for hydroxylation is 1. The van der Waals surface area contributed by atoms with Crippen LogP contribution in [-0.4, -0.2) is 29.5 Å². The van der Waals surface area contributed by atoms with Crippen LogP contribution in [0.15, 0.2) is 41.9 Å². The van der Waals surface area contributed by atoms with Gasteiger partial charge in [-0.25, -0.2) is 4.98 Å². The molecule has 0 radical (unpaired) electrons. The lowest BCUT2D eigenvalue weighted by Gasteiger charge is -2.27. The largest absolute Gasteiger partial charge is 0.497 e. The van der Waals surface area contributed by atoms with E-state index in [2.05, 4.69) is 20.7 Å². The van der Waals surface area contributed by atoms with Crippen LogP contribution in [0.2, 0.25) is 0 Å². The van der Waals surface area contributed by atoms with Crippen molar-refractivity contribution < 1.29 is 9.53 Å². The smallest absolute Gasteiger partial charge is 0.253 e. The second-order valence-corrected chi connectivity index (χ2v) is 8.69. The third kappa shape index (κ3) is 4.53. The molecular weight excluding hydrogens is 382 g/mol. The number of H-pyrrole nitrogens is 1. The molecule has 5 nitrogen and oxygen atoms in total. The van der Waals surface area contributed by atoms with Gasteiger partial charge in [-0.05, 0) is 74.4 Å². The molecular formula is C23H27N3O2S. The number of ether oxygens (including phenoxy) is 1. The van der Waals surface area contributed by atoms with E-state index >= 15 is 0 Å². The van der Waals surface area contributed by atoms with Crippen molar-refractivity contribution in [1.29, 1.82) is 0 Å². The van der Waals surface area contributed by atoms with Crippen molar-refractivity contribution in [2.24, 2.45) is 5.92 Å². The van der Waals surface area contributed by atoms with Crippen LogP contribution in [0.25, 0.3) is 11.3 Å². The summed E-state index contributed by atoms with van der Waals surface area (Å²) in [7, 11) is 1.65. The number of methoxy groups -OCH3 is 1. The molecule has 0 saturated heterocycles. The Morgan fingerprint density at radius 1 is 1.24 bits per heavy atom. The fourth-order valence-electron chi connectivity index (χ4n) is 4.14. The average Bonchev–Trinajstić information content (AvgIpc) is 3.42. The Hall–Kier alpha value is -2.60. The highest BCUT2D eigenvalue weighted by atomic mass is 32.1. The fourth-order valence-corrected chi connectivity index (χ4v) is 4.95. The normalized spacial score (nSPS) is 19.1. The number of rotatable bonds is 6. The predicted octanol–water partition coefficient (Wildman–Crippen LogP) is 5.16. The third-order valence-corrected chi connectivity index (χ3v) is 6.71. The molecule has 0 spiro atoms. The molecule has 0 bridgehead atoms. The first-order valence-electron chi connectivity index (χ1n) is 10.2. The first-order chi connectivity index (χ1) is 14.1. The Kier molecular flexibility index (Phi) is 6.00. The van der Waals surface area contributed by atoms with Crippen molar-refractivity contribution in [1.82, 2.24) is 15.3 Å². The summed E-state index contributed by atoms with van der Waals surface area (Å²) in [5.41, 5.74) is 3.51. The number of hydrogen-bond acceptors (Lipinski definition) is 4. The predicted molar refractivity (Wildman–Crippen MR) is 117 cm³/mol. The molecule has 2 N–H and O–H groups in total. The van der Waals surface area contributed by atoms with Gasteiger partial charge in [-0.3, -0.25) is 4.79 Å². The van der Waals surface area contributed by atoms with Crippen LogP contribution in [0.3, 0.4) is 0 Å². The summed E-state index contributed by atoms with van der Waals surface area (Å²) in [6, 6.07) is 9.69. The molecule has 3 aromatic rings. The van der Waals surface area contributed by atoms with E-state index in [9.17, 15) is 4.79 Å². The summed E-state index contributed by atoms with van der Waals surface area (Å²) in [5.74, 6) is 1.93. The maximum absolute atomic E-state index is 12.9. The number of thiazole rings is 1. The molecule has 0 unspecified atom stereocenters. The molecule has 1 saturated carbocycles. The molecule has 1 aliphatic rings. The van der Waals surface area contributed by atoms with Gasteiger partial charge in [-0.2, -0.15) is 0 Å². The molecule has 4 rings (SSSR count). The molecule has 1 aromatic carbocycles. The van der Waals surface area contributed by atoms with Gasteiger partial charge in [0.15, 0.2) is 0 Å². The van der Waals surface area contributed by atoms with E-state index in [0.29, 0.717) is 17.4 Å². The van der Waals surface area contributed by atoms with E-state index in [-0.39, 0.29) is 5.91 Å². The lowest BCUT2D eigenvalue weighted by atomic mass is 9.82. The van der Waals surface area contributed by atoms with Crippen molar-refractivity contribution in [3.63, 3.8) is 0 Å². The Morgan fingerprint density at radius 3 is 2.66 bits per heavy atom. The summed E-state index contributed by atoms with van der Waals surface area (Å²) >= 11 is 1.76. The molecule has 1 amide bonds. The van der Waals surface area contributed by atoms with Gasteiger partial charge in [0.25, 0.3) is 5.91 Å². The van der Waals surface area contributed by atoms with Crippen molar-refractivity contribution in [3.8, 4) is 17.0 Å². The number of nitrogens with zero attached hydrogens (tertiary/aromatic N) is 1. The van der Waals surface area contributed by atoms with Crippen molar-refractivity contribution in [2.75, 3.05) is 13.7 Å². The number of amides is 1. The van der Waals surface area contributed by atoms with Crippen molar-refractivity contribution in [2.45, 2.75) is 38.5 Å². The standard InChI is InChI=1S/C23H27N3O2S/c1-15-13-20(21(26-15)17-7-9-19(28-2)10-8-17)22(27)25-14-16-3-5-18(6-4-16)23-24-11-12-29-23/h7-13,16,18,26H,3-6,14H2,1-2H3,(H,25,27). The highest BCUT2D eigenvalue weighted by Crippen LogP contribution is 2.36. The number of nitrogens with one attached hydrogen (secondary N) is 2. The summed E-state index contributed by atoms with van der Waals surface area (Å²) in [6.45, 7) is 2.71. The number of aromatic amines is 1. The quantitative estimate of drug-likeness (QED) is 0.591. The van der Waals surface area contributed by atoms with Crippen LogP contribution >= 0.6 is 11.3 Å². The van der Waals surface area contributed by atoms with Gasteiger partial charge in [0.2, 0.25) is 0 Å². The molecule has 0 atom stereocenters. The Morgan fingerprint density at radius 2 is 2.00 bits per heavy atom. The topological polar surface area (TPSA) is 67.0 Å². The number of carbonyl (C=O) groups is 1. The summed E-state index contributed by atoms with van der Waals surface area (Å²) in [5, 5.41) is 6.49. The molecule has 29 heavy (non-hydrogen) atoms. The lowest BCUT2D eigenvalue weighted by Crippen LogP contribution is -2.31. The molecule has 2 aromatic heterocycles. The zero-order chi connectivity index (χ0) is 20.2. The zero-order valence-electron chi connectivity index (χ0n) is 16.9. The van der Waals surface area contributed by atoms with Crippen LogP contribution in [0, 0.1) is 12.8 Å². The molecule has 1 aliphatic carbocycles. The highest BCUT2D eigenvalue weighted by molar-refractivity contribution is 7.09. The fraction of sp³-hybridized carbons (Fsp3) is 0.391. The second-order valence-electron chi connectivity index (χ2n) is 7.77. The monoisotopic (exact) mass is 409 g/mol. The Bertz CT molecular complexity index is 939. The van der Waals surface area contributed by atoms with Crippen molar-refractivity contribution >= 4 is 17.2 Å². The van der Waals surface area contributed by atoms with E-state index in [4.69, 9.17) is 4.74 Å². The van der Waals surface area contributed by atoms with E-state index in [1.165, 1.54) is 5.01 Å². The van der Waals surface area contributed by atoms with Gasteiger partial charge in [0.1, 0.15) is 5.75 Å². The molecule has 6 heteroatoms. The second kappa shape index (κ2) is 8.82. The van der Waals surface area contributed by atoms with Gasteiger partial charge in [0, 0.05) is 29.7 Å². The van der Waals surface area contributed by atoms with Crippen LogP contribution in [0.5, 0.6) is 5.75 Å². The average molecular weight is 410 g/mol. The lowest BCUT2D eigenvalue weighted by molar-refractivity contribution is 0.0943. The third-order valence-electron chi connectivity index (χ3n) is 5.77. The van der Waals surface area contributed by atoms with Gasteiger partial charge >= 0.3 is 0 Å². The Labute approximate surface area is 175 Å². The number of carbonyl (C=O) groups excluding carboxylic acids is 1. The Balaban J connectivity index is 1.37. The van der Waals surface area contributed by atoms with E-state index in [0.717, 1.165) is 54.9 Å². The minimum absolute atomic E-state index is 0.0118. The number of benzene rings is 1. The van der Waals surface area contributed by atoms with Gasteiger partial charge in [-0.1, -0.05) is 0 Å². The molecule has 0 aliphatic heterocycles. The van der Waals surface area contributed by atoms with Crippen molar-refractivity contribution in [3.05, 3.63) is 58.2 Å². The highest BCUT2D eigenvalue weighted by Gasteiger charge is 2.25. The van der Waals surface area contributed by atoms with Crippen LogP contribution in [0.4, 0.5) is 0 Å². The summed E-state index contributed by atoms with van der Waals surface area (Å²) < 4.78 is 5.23. The number of hydrogen-bond donors (Lipinski definition) is 2. The molecule has 152 valence electrons. The minimum Gasteiger partial charge on any atom is -0.497 e. The maximum atomic E-state index is 12.9. The zero-order valence-corrected chi connectivity index (χ0v) is 17.7.